The van der Waals surface area contributed by atoms with Crippen molar-refractivity contribution in [1.29, 1.82) is 0 Å². The first-order valence-electron chi connectivity index (χ1n) is 14.6. The van der Waals surface area contributed by atoms with Crippen molar-refractivity contribution in [2.45, 2.75) is 82.8 Å². The van der Waals surface area contributed by atoms with Gasteiger partial charge < -0.3 is 10.2 Å². The van der Waals surface area contributed by atoms with Crippen LogP contribution in [0.25, 0.3) is 0 Å². The molecule has 1 saturated carbocycles. The third-order valence-corrected chi connectivity index (χ3v) is 10.5. The molecule has 1 fully saturated rings. The van der Waals surface area contributed by atoms with E-state index in [1.165, 1.54) is 17.0 Å². The Bertz CT molecular complexity index is 1520. The second-order valence-corrected chi connectivity index (χ2v) is 14.1. The van der Waals surface area contributed by atoms with Gasteiger partial charge in [0.2, 0.25) is 11.8 Å². The molecule has 3 aromatic carbocycles. The lowest BCUT2D eigenvalue weighted by atomic mass is 10.0. The molecule has 0 radical (unpaired) electrons. The molecule has 1 aliphatic carbocycles. The first-order chi connectivity index (χ1) is 20.4. The van der Waals surface area contributed by atoms with Gasteiger partial charge >= 0.3 is 0 Å². The number of carbonyl (C=O) groups is 2. The molecule has 0 spiro atoms. The Kier molecular flexibility index (Phi) is 10.8. The molecule has 0 aliphatic heterocycles. The summed E-state index contributed by atoms with van der Waals surface area (Å²) < 4.78 is 29.2. The average Bonchev–Trinajstić information content (AvgIpc) is 3.48. The first kappa shape index (κ1) is 32.8. The van der Waals surface area contributed by atoms with E-state index in [9.17, 15) is 18.0 Å². The molecule has 0 saturated heterocycles. The lowest BCUT2D eigenvalue weighted by Crippen LogP contribution is -2.52. The summed E-state index contributed by atoms with van der Waals surface area (Å²) in [6.45, 7) is 7.02. The van der Waals surface area contributed by atoms with Crippen molar-refractivity contribution >= 4 is 50.7 Å². The van der Waals surface area contributed by atoms with Crippen LogP contribution < -0.4 is 9.62 Å². The molecule has 230 valence electrons. The van der Waals surface area contributed by atoms with Crippen LogP contribution in [0, 0.1) is 6.92 Å². The minimum Gasteiger partial charge on any atom is -0.352 e. The van der Waals surface area contributed by atoms with Crippen LogP contribution in [0.3, 0.4) is 0 Å². The first-order valence-corrected chi connectivity index (χ1v) is 16.8. The molecule has 1 aliphatic rings. The van der Waals surface area contributed by atoms with Crippen LogP contribution in [0.4, 0.5) is 5.69 Å². The van der Waals surface area contributed by atoms with E-state index in [4.69, 9.17) is 23.2 Å². The molecule has 1 N–H and O–H groups in total. The Morgan fingerprint density at radius 1 is 0.907 bits per heavy atom. The molecule has 0 heterocycles. The molecule has 3 aromatic rings. The fourth-order valence-electron chi connectivity index (χ4n) is 5.22. The van der Waals surface area contributed by atoms with Crippen LogP contribution in [-0.2, 0) is 26.2 Å². The van der Waals surface area contributed by atoms with Crippen LogP contribution in [0.15, 0.2) is 71.6 Å². The maximum absolute atomic E-state index is 14.2. The summed E-state index contributed by atoms with van der Waals surface area (Å²) in [7, 11) is -4.15. The molecule has 43 heavy (non-hydrogen) atoms. The summed E-state index contributed by atoms with van der Waals surface area (Å²) in [6.07, 6.45) is 3.85. The number of rotatable bonds is 11. The number of nitrogens with zero attached hydrogens (tertiary/aromatic N) is 2. The highest BCUT2D eigenvalue weighted by atomic mass is 35.5. The summed E-state index contributed by atoms with van der Waals surface area (Å²) in [5.41, 5.74) is 2.77. The van der Waals surface area contributed by atoms with Crippen molar-refractivity contribution in [3.63, 3.8) is 0 Å². The van der Waals surface area contributed by atoms with E-state index in [0.717, 1.165) is 41.1 Å². The maximum Gasteiger partial charge on any atom is 0.264 e. The highest BCUT2D eigenvalue weighted by Gasteiger charge is 2.34. The molecule has 0 aromatic heterocycles. The standard InChI is InChI=1S/C33H39Cl2N3O4S/c1-22(2)25-14-16-27(17-15-25)38(43(41,42)28-18-12-23(3)13-19-28)21-32(39)37(20-29-30(34)10-7-11-31(29)35)24(4)33(40)36-26-8-5-6-9-26/h7,10-19,22,24,26H,5-6,8-9,20-21H2,1-4H3,(H,36,40)/t24-/m0/s1. The normalized spacial score (nSPS) is 14.5. The second-order valence-electron chi connectivity index (χ2n) is 11.5. The number of sulfonamides is 1. The Balaban J connectivity index is 1.73. The Morgan fingerprint density at radius 2 is 1.49 bits per heavy atom. The molecular weight excluding hydrogens is 605 g/mol. The minimum atomic E-state index is -4.15. The van der Waals surface area contributed by atoms with Gasteiger partial charge in [-0.25, -0.2) is 8.42 Å². The number of benzene rings is 3. The van der Waals surface area contributed by atoms with E-state index >= 15 is 0 Å². The smallest absolute Gasteiger partial charge is 0.264 e. The van der Waals surface area contributed by atoms with Crippen LogP contribution >= 0.6 is 23.2 Å². The zero-order chi connectivity index (χ0) is 31.3. The molecule has 2 amide bonds. The zero-order valence-corrected chi connectivity index (χ0v) is 27.3. The number of hydrogen-bond acceptors (Lipinski definition) is 4. The monoisotopic (exact) mass is 643 g/mol. The summed E-state index contributed by atoms with van der Waals surface area (Å²) in [4.78, 5) is 29.0. The lowest BCUT2D eigenvalue weighted by Gasteiger charge is -2.33. The van der Waals surface area contributed by atoms with Crippen LogP contribution in [0.2, 0.25) is 10.0 Å². The van der Waals surface area contributed by atoms with Gasteiger partial charge in [0, 0.05) is 28.2 Å². The topological polar surface area (TPSA) is 86.8 Å². The highest BCUT2D eigenvalue weighted by Crippen LogP contribution is 2.29. The van der Waals surface area contributed by atoms with Crippen LogP contribution in [0.1, 0.15) is 69.1 Å². The van der Waals surface area contributed by atoms with E-state index < -0.39 is 28.5 Å². The van der Waals surface area contributed by atoms with Gasteiger partial charge in [-0.1, -0.05) is 85.8 Å². The lowest BCUT2D eigenvalue weighted by molar-refractivity contribution is -0.139. The summed E-state index contributed by atoms with van der Waals surface area (Å²) >= 11 is 13.0. The minimum absolute atomic E-state index is 0.0497. The third-order valence-electron chi connectivity index (χ3n) is 7.99. The number of anilines is 1. The van der Waals surface area contributed by atoms with E-state index in [-0.39, 0.29) is 29.3 Å². The molecule has 4 rings (SSSR count). The van der Waals surface area contributed by atoms with Gasteiger partial charge in [-0.2, -0.15) is 0 Å². The number of amides is 2. The molecule has 7 nitrogen and oxygen atoms in total. The van der Waals surface area contributed by atoms with Gasteiger partial charge in [-0.05, 0) is 74.6 Å². The van der Waals surface area contributed by atoms with Gasteiger partial charge in [-0.3, -0.25) is 13.9 Å². The maximum atomic E-state index is 14.2. The number of nitrogens with one attached hydrogen (secondary N) is 1. The van der Waals surface area contributed by atoms with Gasteiger partial charge in [0.1, 0.15) is 12.6 Å². The quantitative estimate of drug-likeness (QED) is 0.241. The Hall–Kier alpha value is -3.07. The van der Waals surface area contributed by atoms with Crippen LogP contribution in [0.5, 0.6) is 0 Å². The number of halogens is 2. The van der Waals surface area contributed by atoms with Crippen molar-refractivity contribution in [2.24, 2.45) is 0 Å². The second kappa shape index (κ2) is 14.1. The SMILES string of the molecule is Cc1ccc(S(=O)(=O)N(CC(=O)N(Cc2c(Cl)cccc2Cl)[C@@H](C)C(=O)NC2CCCC2)c2ccc(C(C)C)cc2)cc1. The van der Waals surface area contributed by atoms with Crippen molar-refractivity contribution < 1.29 is 18.0 Å². The highest BCUT2D eigenvalue weighted by molar-refractivity contribution is 7.92. The van der Waals surface area contributed by atoms with E-state index in [2.05, 4.69) is 19.2 Å². The van der Waals surface area contributed by atoms with E-state index in [0.29, 0.717) is 21.3 Å². The van der Waals surface area contributed by atoms with Gasteiger partial charge in [0.05, 0.1) is 10.6 Å². The predicted octanol–water partition coefficient (Wildman–Crippen LogP) is 7.10. The molecule has 0 unspecified atom stereocenters. The zero-order valence-electron chi connectivity index (χ0n) is 25.0. The van der Waals surface area contributed by atoms with Crippen LogP contribution in [-0.4, -0.2) is 43.8 Å². The third kappa shape index (κ3) is 7.91. The number of hydrogen-bond donors (Lipinski definition) is 1. The van der Waals surface area contributed by atoms with Crippen molar-refractivity contribution in [3.05, 3.63) is 93.5 Å². The summed E-state index contributed by atoms with van der Waals surface area (Å²) in [5.74, 6) is -0.626. The summed E-state index contributed by atoms with van der Waals surface area (Å²) in [5, 5.41) is 3.76. The number of aryl methyl sites for hydroxylation is 1. The molecule has 10 heteroatoms. The predicted molar refractivity (Wildman–Crippen MR) is 173 cm³/mol. The Labute approximate surface area is 265 Å². The largest absolute Gasteiger partial charge is 0.352 e. The molecule has 0 bridgehead atoms. The van der Waals surface area contributed by atoms with Crippen molar-refractivity contribution in [1.82, 2.24) is 10.2 Å². The van der Waals surface area contributed by atoms with Crippen molar-refractivity contribution in [3.8, 4) is 0 Å². The van der Waals surface area contributed by atoms with E-state index in [1.807, 2.05) is 19.1 Å². The fourth-order valence-corrected chi connectivity index (χ4v) is 7.15. The molecular formula is C33H39Cl2N3O4S. The van der Waals surface area contributed by atoms with E-state index in [1.54, 1.807) is 49.4 Å². The van der Waals surface area contributed by atoms with Gasteiger partial charge in [0.15, 0.2) is 0 Å². The average molecular weight is 645 g/mol. The van der Waals surface area contributed by atoms with Gasteiger partial charge in [-0.15, -0.1) is 0 Å². The summed E-state index contributed by atoms with van der Waals surface area (Å²) in [6, 6.07) is 17.8. The van der Waals surface area contributed by atoms with Crippen molar-refractivity contribution in [2.75, 3.05) is 10.8 Å². The fraction of sp³-hybridized carbons (Fsp3) is 0.394. The van der Waals surface area contributed by atoms with Gasteiger partial charge in [0.25, 0.3) is 10.0 Å². The number of carbonyl (C=O) groups excluding carboxylic acids is 2. The molecule has 1 atom stereocenters. The Morgan fingerprint density at radius 3 is 2.05 bits per heavy atom.